The second-order valence-corrected chi connectivity index (χ2v) is 8.45. The summed E-state index contributed by atoms with van der Waals surface area (Å²) in [6.45, 7) is -0.400. The van der Waals surface area contributed by atoms with Crippen molar-refractivity contribution in [2.75, 3.05) is 11.9 Å². The van der Waals surface area contributed by atoms with Crippen molar-refractivity contribution in [3.05, 3.63) is 64.9 Å². The van der Waals surface area contributed by atoms with Gasteiger partial charge in [-0.15, -0.1) is 0 Å². The minimum atomic E-state index is -0.499. The molecule has 0 spiro atoms. The summed E-state index contributed by atoms with van der Waals surface area (Å²) in [7, 11) is 0. The van der Waals surface area contributed by atoms with Gasteiger partial charge in [0, 0.05) is 28.2 Å². The van der Waals surface area contributed by atoms with Gasteiger partial charge in [0.1, 0.15) is 5.58 Å². The van der Waals surface area contributed by atoms with E-state index in [1.165, 1.54) is 11.1 Å². The Bertz CT molecular complexity index is 1210. The topological polar surface area (TPSA) is 97.6 Å². The number of fused-ring (bicyclic) bond motifs is 2. The van der Waals surface area contributed by atoms with E-state index in [0.717, 1.165) is 48.6 Å². The molecule has 32 heavy (non-hydrogen) atoms. The fourth-order valence-electron chi connectivity index (χ4n) is 4.07. The van der Waals surface area contributed by atoms with Crippen molar-refractivity contribution in [3.8, 4) is 0 Å². The predicted molar refractivity (Wildman–Crippen MR) is 118 cm³/mol. The van der Waals surface area contributed by atoms with Crippen molar-refractivity contribution in [3.63, 3.8) is 0 Å². The second-order valence-electron chi connectivity index (χ2n) is 8.45. The van der Waals surface area contributed by atoms with E-state index in [-0.39, 0.29) is 18.4 Å². The number of nitrogens with one attached hydrogen (secondary N) is 2. The number of ether oxygens (including phenoxy) is 1. The van der Waals surface area contributed by atoms with Crippen molar-refractivity contribution >= 4 is 34.4 Å². The van der Waals surface area contributed by atoms with Crippen molar-refractivity contribution in [2.24, 2.45) is 0 Å². The lowest BCUT2D eigenvalue weighted by atomic mass is 10.0. The summed E-state index contributed by atoms with van der Waals surface area (Å²) in [6, 6.07) is 11.1. The Morgan fingerprint density at radius 1 is 1.06 bits per heavy atom. The van der Waals surface area contributed by atoms with E-state index >= 15 is 0 Å². The second kappa shape index (κ2) is 8.49. The third-order valence-corrected chi connectivity index (χ3v) is 5.89. The summed E-state index contributed by atoms with van der Waals surface area (Å²) in [5.74, 6) is -1.12. The third-order valence-electron chi connectivity index (χ3n) is 5.89. The third kappa shape index (κ3) is 4.51. The first-order chi connectivity index (χ1) is 15.5. The van der Waals surface area contributed by atoms with E-state index < -0.39 is 18.5 Å². The van der Waals surface area contributed by atoms with E-state index in [4.69, 9.17) is 9.15 Å². The molecule has 1 saturated carbocycles. The molecule has 0 radical (unpaired) electrons. The number of aryl methyl sites for hydroxylation is 2. The molecule has 2 aliphatic carbocycles. The SMILES string of the molecule is O=C(COC(=O)Cc1coc2cc3c(cc12)CCC3)Nc1cccc(C(=O)NC2CC2)c1. The highest BCUT2D eigenvalue weighted by Crippen LogP contribution is 2.30. The molecule has 1 aromatic heterocycles. The fourth-order valence-corrected chi connectivity index (χ4v) is 4.07. The van der Waals surface area contributed by atoms with E-state index in [1.54, 1.807) is 30.5 Å². The zero-order chi connectivity index (χ0) is 22.1. The van der Waals surface area contributed by atoms with Crippen molar-refractivity contribution < 1.29 is 23.5 Å². The van der Waals surface area contributed by atoms with Crippen LogP contribution in [0.5, 0.6) is 0 Å². The molecule has 2 aromatic carbocycles. The number of amides is 2. The molecule has 7 heteroatoms. The number of rotatable bonds is 7. The maximum atomic E-state index is 12.3. The van der Waals surface area contributed by atoms with Gasteiger partial charge in [-0.3, -0.25) is 14.4 Å². The summed E-state index contributed by atoms with van der Waals surface area (Å²) in [5.41, 5.74) is 5.10. The van der Waals surface area contributed by atoms with Gasteiger partial charge >= 0.3 is 5.97 Å². The molecule has 0 unspecified atom stereocenters. The molecule has 0 atom stereocenters. The Morgan fingerprint density at radius 2 is 1.88 bits per heavy atom. The van der Waals surface area contributed by atoms with Crippen molar-refractivity contribution in [2.45, 2.75) is 44.6 Å². The summed E-state index contributed by atoms with van der Waals surface area (Å²) in [5, 5.41) is 6.50. The largest absolute Gasteiger partial charge is 0.464 e. The minimum Gasteiger partial charge on any atom is -0.464 e. The van der Waals surface area contributed by atoms with Crippen LogP contribution in [0.25, 0.3) is 11.0 Å². The van der Waals surface area contributed by atoms with Crippen LogP contribution < -0.4 is 10.6 Å². The molecule has 1 heterocycles. The van der Waals surface area contributed by atoms with Crippen LogP contribution >= 0.6 is 0 Å². The van der Waals surface area contributed by atoms with E-state index in [2.05, 4.69) is 22.8 Å². The van der Waals surface area contributed by atoms with Crippen LogP contribution in [0.15, 0.2) is 47.1 Å². The highest BCUT2D eigenvalue weighted by Gasteiger charge is 2.24. The van der Waals surface area contributed by atoms with Gasteiger partial charge in [0.05, 0.1) is 12.7 Å². The molecule has 3 aromatic rings. The molecule has 2 aliphatic rings. The Morgan fingerprint density at radius 3 is 2.69 bits per heavy atom. The average molecular weight is 432 g/mol. The maximum Gasteiger partial charge on any atom is 0.310 e. The highest BCUT2D eigenvalue weighted by atomic mass is 16.5. The van der Waals surface area contributed by atoms with Gasteiger partial charge in [0.15, 0.2) is 6.61 Å². The normalized spacial score (nSPS) is 14.8. The number of carbonyl (C=O) groups excluding carboxylic acids is 3. The molecule has 2 amide bonds. The molecule has 1 fully saturated rings. The zero-order valence-electron chi connectivity index (χ0n) is 17.6. The number of anilines is 1. The lowest BCUT2D eigenvalue weighted by molar-refractivity contribution is -0.146. The number of hydrogen-bond acceptors (Lipinski definition) is 5. The van der Waals surface area contributed by atoms with Gasteiger partial charge in [-0.1, -0.05) is 6.07 Å². The Hall–Kier alpha value is -3.61. The maximum absolute atomic E-state index is 12.3. The molecule has 0 aliphatic heterocycles. The Kier molecular flexibility index (Phi) is 5.39. The molecule has 5 rings (SSSR count). The lowest BCUT2D eigenvalue weighted by Gasteiger charge is -2.08. The first kappa shape index (κ1) is 20.3. The van der Waals surface area contributed by atoms with Gasteiger partial charge in [-0.05, 0) is 73.6 Å². The van der Waals surface area contributed by atoms with Crippen LogP contribution in [-0.2, 0) is 33.6 Å². The van der Waals surface area contributed by atoms with Crippen LogP contribution in [0, 0.1) is 0 Å². The van der Waals surface area contributed by atoms with Crippen LogP contribution in [0.4, 0.5) is 5.69 Å². The number of hydrogen-bond donors (Lipinski definition) is 2. The molecule has 7 nitrogen and oxygen atoms in total. The summed E-state index contributed by atoms with van der Waals surface area (Å²) < 4.78 is 10.8. The van der Waals surface area contributed by atoms with Gasteiger partial charge < -0.3 is 19.8 Å². The first-order valence-corrected chi connectivity index (χ1v) is 10.9. The fraction of sp³-hybridized carbons (Fsp3) is 0.320. The standard InChI is InChI=1S/C25H24N2O5/c28-23(26-20-6-2-5-17(9-20)25(30)27-19-7-8-19)14-32-24(29)12-18-13-31-22-11-16-4-1-3-15(16)10-21(18)22/h2,5-6,9-11,13,19H,1,3-4,7-8,12,14H2,(H,26,28)(H,27,30). The Balaban J connectivity index is 1.15. The summed E-state index contributed by atoms with van der Waals surface area (Å²) in [6.07, 6.45) is 6.88. The predicted octanol–water partition coefficient (Wildman–Crippen LogP) is 3.54. The van der Waals surface area contributed by atoms with Crippen molar-refractivity contribution in [1.82, 2.24) is 5.32 Å². The number of carbonyl (C=O) groups is 3. The van der Waals surface area contributed by atoms with Gasteiger partial charge in [-0.2, -0.15) is 0 Å². The monoisotopic (exact) mass is 432 g/mol. The molecule has 0 bridgehead atoms. The summed E-state index contributed by atoms with van der Waals surface area (Å²) in [4.78, 5) is 36.7. The van der Waals surface area contributed by atoms with E-state index in [9.17, 15) is 14.4 Å². The minimum absolute atomic E-state index is 0.0376. The molecule has 2 N–H and O–H groups in total. The number of esters is 1. The number of benzene rings is 2. The molecule has 164 valence electrons. The van der Waals surface area contributed by atoms with Crippen LogP contribution in [-0.4, -0.2) is 30.4 Å². The average Bonchev–Trinajstić information content (AvgIpc) is 3.34. The molecule has 0 saturated heterocycles. The quantitative estimate of drug-likeness (QED) is 0.557. The van der Waals surface area contributed by atoms with Crippen molar-refractivity contribution in [1.29, 1.82) is 0 Å². The van der Waals surface area contributed by atoms with Crippen LogP contribution in [0.1, 0.15) is 46.3 Å². The van der Waals surface area contributed by atoms with E-state index in [1.807, 2.05) is 0 Å². The van der Waals surface area contributed by atoms with E-state index in [0.29, 0.717) is 11.3 Å². The number of furan rings is 1. The molecular formula is C25H24N2O5. The van der Waals surface area contributed by atoms with Crippen LogP contribution in [0.2, 0.25) is 0 Å². The molecular weight excluding hydrogens is 408 g/mol. The van der Waals surface area contributed by atoms with Gasteiger partial charge in [0.2, 0.25) is 0 Å². The van der Waals surface area contributed by atoms with Gasteiger partial charge in [0.25, 0.3) is 11.8 Å². The first-order valence-electron chi connectivity index (χ1n) is 10.9. The lowest BCUT2D eigenvalue weighted by Crippen LogP contribution is -2.25. The highest BCUT2D eigenvalue weighted by molar-refractivity contribution is 5.98. The van der Waals surface area contributed by atoms with Crippen LogP contribution in [0.3, 0.4) is 0 Å². The zero-order valence-corrected chi connectivity index (χ0v) is 17.6. The summed E-state index contributed by atoms with van der Waals surface area (Å²) >= 11 is 0. The van der Waals surface area contributed by atoms with Gasteiger partial charge in [-0.25, -0.2) is 0 Å². The Labute approximate surface area is 185 Å². The smallest absolute Gasteiger partial charge is 0.310 e.